The maximum Gasteiger partial charge on any atom is 0.326 e. The molecule has 6 nitrogen and oxygen atoms in total. The zero-order valence-corrected chi connectivity index (χ0v) is 17.8. The summed E-state index contributed by atoms with van der Waals surface area (Å²) >= 11 is 0. The fourth-order valence-corrected chi connectivity index (χ4v) is 6.92. The fraction of sp³-hybridized carbons (Fsp3) is 0.870. The fourth-order valence-electron chi connectivity index (χ4n) is 6.92. The van der Waals surface area contributed by atoms with E-state index in [-0.39, 0.29) is 23.8 Å². The van der Waals surface area contributed by atoms with Crippen molar-refractivity contribution in [3.8, 4) is 0 Å². The molecule has 0 unspecified atom stereocenters. The summed E-state index contributed by atoms with van der Waals surface area (Å²) in [6, 6.07) is 0. The standard InChI is InChI=1S/C23H36N2O4/c1-16(22(28)25-6-4-2-3-5-7-25)29-21(27)15-24-20(26)14-23-11-17-8-18(12-23)10-19(9-17)13-23/h16-19H,2-15H2,1H3,(H,24,26)/t16-,17?,18?,19?,23?/m0/s1. The Morgan fingerprint density at radius 2 is 1.52 bits per heavy atom. The Balaban J connectivity index is 1.20. The van der Waals surface area contributed by atoms with E-state index in [2.05, 4.69) is 5.32 Å². The molecule has 4 bridgehead atoms. The molecule has 1 atom stereocenters. The number of carbonyl (C=O) groups is 3. The summed E-state index contributed by atoms with van der Waals surface area (Å²) in [5.74, 6) is 1.73. The molecule has 29 heavy (non-hydrogen) atoms. The van der Waals surface area contributed by atoms with E-state index < -0.39 is 12.1 Å². The second kappa shape index (κ2) is 8.65. The van der Waals surface area contributed by atoms with Crippen molar-refractivity contribution in [3.05, 3.63) is 0 Å². The van der Waals surface area contributed by atoms with Crippen molar-refractivity contribution in [2.75, 3.05) is 19.6 Å². The third-order valence-corrected chi connectivity index (χ3v) is 7.70. The Bertz CT molecular complexity index is 604. The third kappa shape index (κ3) is 4.95. The molecule has 1 N–H and O–H groups in total. The van der Waals surface area contributed by atoms with Gasteiger partial charge in [0.2, 0.25) is 5.91 Å². The van der Waals surface area contributed by atoms with Crippen LogP contribution < -0.4 is 5.32 Å². The van der Waals surface area contributed by atoms with Gasteiger partial charge in [0.1, 0.15) is 6.54 Å². The summed E-state index contributed by atoms with van der Waals surface area (Å²) in [5, 5.41) is 2.75. The molecule has 1 aliphatic heterocycles. The largest absolute Gasteiger partial charge is 0.451 e. The Labute approximate surface area is 174 Å². The smallest absolute Gasteiger partial charge is 0.326 e. The number of ether oxygens (including phenoxy) is 1. The van der Waals surface area contributed by atoms with Gasteiger partial charge < -0.3 is 15.0 Å². The summed E-state index contributed by atoms with van der Waals surface area (Å²) in [4.78, 5) is 39.0. The van der Waals surface area contributed by atoms with Gasteiger partial charge in [-0.15, -0.1) is 0 Å². The van der Waals surface area contributed by atoms with Gasteiger partial charge in [-0.05, 0) is 81.5 Å². The van der Waals surface area contributed by atoms with E-state index in [9.17, 15) is 14.4 Å². The average Bonchev–Trinajstić information content (AvgIpc) is 2.93. The maximum absolute atomic E-state index is 12.5. The molecule has 0 aromatic rings. The van der Waals surface area contributed by atoms with Crippen LogP contribution in [0.3, 0.4) is 0 Å². The van der Waals surface area contributed by atoms with E-state index in [1.807, 2.05) is 0 Å². The minimum absolute atomic E-state index is 0.0459. The number of rotatable bonds is 6. The molecule has 5 fully saturated rings. The van der Waals surface area contributed by atoms with E-state index in [0.29, 0.717) is 6.42 Å². The van der Waals surface area contributed by atoms with Crippen LogP contribution >= 0.6 is 0 Å². The number of carbonyl (C=O) groups excluding carboxylic acids is 3. The number of amides is 2. The van der Waals surface area contributed by atoms with Crippen LogP contribution in [0.5, 0.6) is 0 Å². The van der Waals surface area contributed by atoms with Crippen LogP contribution in [-0.4, -0.2) is 48.4 Å². The lowest BCUT2D eigenvalue weighted by Gasteiger charge is -2.56. The van der Waals surface area contributed by atoms with Crippen molar-refractivity contribution in [1.29, 1.82) is 0 Å². The second-order valence-electron chi connectivity index (χ2n) is 10.2. The molecule has 6 heteroatoms. The topological polar surface area (TPSA) is 75.7 Å². The molecular weight excluding hydrogens is 368 g/mol. The highest BCUT2D eigenvalue weighted by molar-refractivity contribution is 5.86. The first-order chi connectivity index (χ1) is 13.9. The van der Waals surface area contributed by atoms with Gasteiger partial charge >= 0.3 is 5.97 Å². The third-order valence-electron chi connectivity index (χ3n) is 7.70. The summed E-state index contributed by atoms with van der Waals surface area (Å²) in [7, 11) is 0. The Kier molecular flexibility index (Phi) is 6.16. The molecule has 2 amide bonds. The number of likely N-dealkylation sites (tertiary alicyclic amines) is 1. The monoisotopic (exact) mass is 404 g/mol. The second-order valence-corrected chi connectivity index (χ2v) is 10.2. The van der Waals surface area contributed by atoms with Gasteiger partial charge in [-0.2, -0.15) is 0 Å². The zero-order valence-electron chi connectivity index (χ0n) is 17.8. The summed E-state index contributed by atoms with van der Waals surface area (Å²) in [6.45, 7) is 2.95. The first-order valence-corrected chi connectivity index (χ1v) is 11.7. The molecule has 1 heterocycles. The van der Waals surface area contributed by atoms with Crippen LogP contribution in [0, 0.1) is 23.2 Å². The Hall–Kier alpha value is -1.59. The van der Waals surface area contributed by atoms with Gasteiger partial charge in [0.05, 0.1) is 0 Å². The van der Waals surface area contributed by atoms with E-state index in [1.165, 1.54) is 38.5 Å². The minimum atomic E-state index is -0.791. The molecule has 0 spiro atoms. The van der Waals surface area contributed by atoms with Crippen molar-refractivity contribution in [3.63, 3.8) is 0 Å². The van der Waals surface area contributed by atoms with Crippen molar-refractivity contribution < 1.29 is 19.1 Å². The predicted molar refractivity (Wildman–Crippen MR) is 109 cm³/mol. The highest BCUT2D eigenvalue weighted by Gasteiger charge is 2.51. The van der Waals surface area contributed by atoms with Crippen LogP contribution in [-0.2, 0) is 19.1 Å². The maximum atomic E-state index is 12.5. The van der Waals surface area contributed by atoms with E-state index in [1.54, 1.807) is 11.8 Å². The molecule has 0 radical (unpaired) electrons. The lowest BCUT2D eigenvalue weighted by atomic mass is 9.49. The van der Waals surface area contributed by atoms with Crippen molar-refractivity contribution in [1.82, 2.24) is 10.2 Å². The van der Waals surface area contributed by atoms with Crippen LogP contribution in [0.1, 0.15) is 77.6 Å². The van der Waals surface area contributed by atoms with Crippen LogP contribution in [0.4, 0.5) is 0 Å². The van der Waals surface area contributed by atoms with Gasteiger partial charge in [-0.25, -0.2) is 0 Å². The SMILES string of the molecule is C[C@H](OC(=O)CNC(=O)CC12CC3CC(CC(C3)C1)C2)C(=O)N1CCCCCC1. The van der Waals surface area contributed by atoms with Gasteiger partial charge in [0, 0.05) is 19.5 Å². The summed E-state index contributed by atoms with van der Waals surface area (Å²) in [6.07, 6.45) is 11.7. The molecule has 4 aliphatic carbocycles. The molecular formula is C23H36N2O4. The summed E-state index contributed by atoms with van der Waals surface area (Å²) in [5.41, 5.74) is 0.165. The molecule has 4 saturated carbocycles. The van der Waals surface area contributed by atoms with Gasteiger partial charge in [0.25, 0.3) is 5.91 Å². The van der Waals surface area contributed by atoms with E-state index >= 15 is 0 Å². The normalized spacial score (nSPS) is 34.4. The van der Waals surface area contributed by atoms with E-state index in [0.717, 1.165) is 56.5 Å². The lowest BCUT2D eigenvalue weighted by molar-refractivity contribution is -0.158. The number of nitrogens with one attached hydrogen (secondary N) is 1. The first-order valence-electron chi connectivity index (χ1n) is 11.7. The molecule has 0 aromatic carbocycles. The summed E-state index contributed by atoms with van der Waals surface area (Å²) < 4.78 is 5.31. The van der Waals surface area contributed by atoms with Gasteiger partial charge in [-0.3, -0.25) is 14.4 Å². The minimum Gasteiger partial charge on any atom is -0.451 e. The number of esters is 1. The van der Waals surface area contributed by atoms with Gasteiger partial charge in [0.15, 0.2) is 6.10 Å². The van der Waals surface area contributed by atoms with Crippen LogP contribution in [0.15, 0.2) is 0 Å². The quantitative estimate of drug-likeness (QED) is 0.691. The highest BCUT2D eigenvalue weighted by atomic mass is 16.5. The molecule has 1 saturated heterocycles. The van der Waals surface area contributed by atoms with E-state index in [4.69, 9.17) is 4.74 Å². The molecule has 5 rings (SSSR count). The average molecular weight is 405 g/mol. The lowest BCUT2D eigenvalue weighted by Crippen LogP contribution is -2.48. The number of hydrogen-bond acceptors (Lipinski definition) is 4. The molecule has 5 aliphatic rings. The first kappa shape index (κ1) is 20.7. The highest BCUT2D eigenvalue weighted by Crippen LogP contribution is 2.61. The van der Waals surface area contributed by atoms with Crippen molar-refractivity contribution in [2.24, 2.45) is 23.2 Å². The zero-order chi connectivity index (χ0) is 20.4. The Morgan fingerprint density at radius 3 is 2.07 bits per heavy atom. The molecule has 0 aromatic heterocycles. The van der Waals surface area contributed by atoms with Crippen LogP contribution in [0.2, 0.25) is 0 Å². The van der Waals surface area contributed by atoms with Gasteiger partial charge in [-0.1, -0.05) is 12.8 Å². The van der Waals surface area contributed by atoms with Crippen molar-refractivity contribution >= 4 is 17.8 Å². The molecule has 162 valence electrons. The number of nitrogens with zero attached hydrogens (tertiary/aromatic N) is 1. The van der Waals surface area contributed by atoms with Crippen LogP contribution in [0.25, 0.3) is 0 Å². The predicted octanol–water partition coefficient (Wildman–Crippen LogP) is 3.04. The number of hydrogen-bond donors (Lipinski definition) is 1. The Morgan fingerprint density at radius 1 is 0.966 bits per heavy atom. The van der Waals surface area contributed by atoms with Crippen molar-refractivity contribution in [2.45, 2.75) is 83.7 Å².